The molecule has 2 N–H and O–H groups in total. The van der Waals surface area contributed by atoms with Crippen LogP contribution in [0.4, 0.5) is 5.69 Å². The van der Waals surface area contributed by atoms with Crippen molar-refractivity contribution in [2.24, 2.45) is 5.73 Å². The number of piperazine rings is 1. The van der Waals surface area contributed by atoms with Crippen LogP contribution in [-0.4, -0.2) is 48.0 Å². The van der Waals surface area contributed by atoms with Crippen molar-refractivity contribution in [3.8, 4) is 0 Å². The van der Waals surface area contributed by atoms with Crippen molar-refractivity contribution in [2.45, 2.75) is 19.4 Å². The highest BCUT2D eigenvalue weighted by molar-refractivity contribution is 6.30. The lowest BCUT2D eigenvalue weighted by Gasteiger charge is -2.37. The van der Waals surface area contributed by atoms with Crippen molar-refractivity contribution in [2.75, 3.05) is 31.1 Å². The number of anilines is 1. The van der Waals surface area contributed by atoms with E-state index in [9.17, 15) is 4.79 Å². The van der Waals surface area contributed by atoms with Crippen LogP contribution in [0.5, 0.6) is 0 Å². The average molecular weight is 359 g/mol. The number of nitrogens with zero attached hydrogens (tertiary/aromatic N) is 3. The molecule has 1 aliphatic heterocycles. The molecule has 3 rings (SSSR count). The van der Waals surface area contributed by atoms with E-state index in [-0.39, 0.29) is 5.91 Å². The number of carbonyl (C=O) groups excluding carboxylic acids is 1. The highest BCUT2D eigenvalue weighted by Gasteiger charge is 2.25. The molecule has 1 aliphatic rings. The largest absolute Gasteiger partial charge is 0.368 e. The number of rotatable bonds is 4. The van der Waals surface area contributed by atoms with E-state index < -0.39 is 6.04 Å². The number of aryl methyl sites for hydroxylation is 1. The first-order chi connectivity index (χ1) is 12.0. The summed E-state index contributed by atoms with van der Waals surface area (Å²) >= 11 is 5.89. The van der Waals surface area contributed by atoms with Crippen LogP contribution in [0.15, 0.2) is 42.7 Å². The van der Waals surface area contributed by atoms with Gasteiger partial charge in [0.15, 0.2) is 0 Å². The quantitative estimate of drug-likeness (QED) is 0.910. The van der Waals surface area contributed by atoms with Gasteiger partial charge in [0.25, 0.3) is 0 Å². The van der Waals surface area contributed by atoms with Crippen LogP contribution >= 0.6 is 11.6 Å². The summed E-state index contributed by atoms with van der Waals surface area (Å²) in [6.07, 6.45) is 4.20. The van der Waals surface area contributed by atoms with E-state index in [2.05, 4.69) is 16.8 Å². The van der Waals surface area contributed by atoms with Gasteiger partial charge in [0, 0.05) is 49.3 Å². The first-order valence-corrected chi connectivity index (χ1v) is 8.87. The van der Waals surface area contributed by atoms with Crippen molar-refractivity contribution in [1.82, 2.24) is 9.88 Å². The van der Waals surface area contributed by atoms with Gasteiger partial charge in [0.05, 0.1) is 6.04 Å². The molecule has 1 saturated heterocycles. The first-order valence-electron chi connectivity index (χ1n) is 8.49. The van der Waals surface area contributed by atoms with Crippen LogP contribution in [-0.2, 0) is 11.2 Å². The van der Waals surface area contributed by atoms with Crippen LogP contribution < -0.4 is 10.6 Å². The monoisotopic (exact) mass is 358 g/mol. The summed E-state index contributed by atoms with van der Waals surface area (Å²) in [6, 6.07) is 8.99. The fourth-order valence-electron chi connectivity index (χ4n) is 3.18. The lowest BCUT2D eigenvalue weighted by Crippen LogP contribution is -2.53. The summed E-state index contributed by atoms with van der Waals surface area (Å²) in [4.78, 5) is 20.9. The van der Waals surface area contributed by atoms with Gasteiger partial charge >= 0.3 is 0 Å². The van der Waals surface area contributed by atoms with Gasteiger partial charge in [-0.2, -0.15) is 0 Å². The third-order valence-corrected chi connectivity index (χ3v) is 4.86. The summed E-state index contributed by atoms with van der Waals surface area (Å²) in [6.45, 7) is 5.06. The zero-order valence-electron chi connectivity index (χ0n) is 14.4. The van der Waals surface area contributed by atoms with Crippen molar-refractivity contribution in [1.29, 1.82) is 0 Å². The minimum Gasteiger partial charge on any atom is -0.368 e. The molecule has 0 aliphatic carbocycles. The van der Waals surface area contributed by atoms with E-state index in [0.717, 1.165) is 24.2 Å². The van der Waals surface area contributed by atoms with Crippen LogP contribution in [0.25, 0.3) is 0 Å². The maximum atomic E-state index is 12.6. The fraction of sp³-hybridized carbons (Fsp3) is 0.368. The van der Waals surface area contributed by atoms with Gasteiger partial charge in [-0.3, -0.25) is 9.78 Å². The van der Waals surface area contributed by atoms with Gasteiger partial charge in [-0.25, -0.2) is 0 Å². The molecular formula is C19H23ClN4O. The molecule has 0 bridgehead atoms. The van der Waals surface area contributed by atoms with Crippen LogP contribution in [0.1, 0.15) is 11.1 Å². The van der Waals surface area contributed by atoms with Gasteiger partial charge in [-0.05, 0) is 42.7 Å². The highest BCUT2D eigenvalue weighted by Crippen LogP contribution is 2.20. The Bertz CT molecular complexity index is 726. The van der Waals surface area contributed by atoms with Crippen molar-refractivity contribution in [3.05, 3.63) is 58.9 Å². The molecule has 0 unspecified atom stereocenters. The Morgan fingerprint density at radius 3 is 2.52 bits per heavy atom. The first kappa shape index (κ1) is 17.7. The molecule has 5 nitrogen and oxygen atoms in total. The molecule has 0 saturated carbocycles. The smallest absolute Gasteiger partial charge is 0.239 e. The normalized spacial score (nSPS) is 16.0. The van der Waals surface area contributed by atoms with E-state index in [0.29, 0.717) is 24.5 Å². The number of halogens is 1. The zero-order chi connectivity index (χ0) is 17.8. The van der Waals surface area contributed by atoms with Gasteiger partial charge < -0.3 is 15.5 Å². The molecule has 25 heavy (non-hydrogen) atoms. The topological polar surface area (TPSA) is 62.5 Å². The molecule has 2 heterocycles. The SMILES string of the molecule is Cc1cnccc1N1CCN(C(=O)[C@H](N)Cc2ccc(Cl)cc2)CC1. The Kier molecular flexibility index (Phi) is 5.56. The van der Waals surface area contributed by atoms with Gasteiger partial charge in [-0.15, -0.1) is 0 Å². The van der Waals surface area contributed by atoms with Crippen molar-refractivity contribution >= 4 is 23.2 Å². The number of aromatic nitrogens is 1. The van der Waals surface area contributed by atoms with E-state index in [1.54, 1.807) is 0 Å². The average Bonchev–Trinajstić information content (AvgIpc) is 2.63. The molecule has 0 spiro atoms. The second kappa shape index (κ2) is 7.85. The van der Waals surface area contributed by atoms with E-state index in [4.69, 9.17) is 17.3 Å². The number of benzene rings is 1. The molecule has 1 aromatic carbocycles. The summed E-state index contributed by atoms with van der Waals surface area (Å²) in [5, 5.41) is 0.686. The van der Waals surface area contributed by atoms with Gasteiger partial charge in [-0.1, -0.05) is 23.7 Å². The number of pyridine rings is 1. The number of hydrogen-bond donors (Lipinski definition) is 1. The lowest BCUT2D eigenvalue weighted by molar-refractivity contribution is -0.132. The van der Waals surface area contributed by atoms with Crippen LogP contribution in [0.3, 0.4) is 0 Å². The van der Waals surface area contributed by atoms with Crippen molar-refractivity contribution < 1.29 is 4.79 Å². The Hall–Kier alpha value is -2.11. The van der Waals surface area contributed by atoms with E-state index >= 15 is 0 Å². The molecule has 0 radical (unpaired) electrons. The molecular weight excluding hydrogens is 336 g/mol. The summed E-state index contributed by atoms with van der Waals surface area (Å²) in [5.74, 6) is 0.0149. The number of hydrogen-bond acceptors (Lipinski definition) is 4. The Morgan fingerprint density at radius 2 is 1.88 bits per heavy atom. The molecule has 1 atom stereocenters. The van der Waals surface area contributed by atoms with E-state index in [1.807, 2.05) is 47.6 Å². The molecule has 1 aromatic heterocycles. The third kappa shape index (κ3) is 4.30. The molecule has 2 aromatic rings. The summed E-state index contributed by atoms with van der Waals surface area (Å²) in [5.41, 5.74) is 9.51. The number of amides is 1. The number of nitrogens with two attached hydrogens (primary N) is 1. The maximum Gasteiger partial charge on any atom is 0.239 e. The predicted molar refractivity (Wildman–Crippen MR) is 101 cm³/mol. The highest BCUT2D eigenvalue weighted by atomic mass is 35.5. The fourth-order valence-corrected chi connectivity index (χ4v) is 3.31. The standard InChI is InChI=1S/C19H23ClN4O/c1-14-13-22-7-6-18(14)23-8-10-24(11-9-23)19(25)17(21)12-15-2-4-16(20)5-3-15/h2-7,13,17H,8-12,21H2,1H3/t17-/m1/s1. The second-order valence-corrected chi connectivity index (χ2v) is 6.85. The van der Waals surface area contributed by atoms with Gasteiger partial charge in [0.2, 0.25) is 5.91 Å². The molecule has 6 heteroatoms. The molecule has 1 fully saturated rings. The van der Waals surface area contributed by atoms with Crippen LogP contribution in [0, 0.1) is 6.92 Å². The Balaban J connectivity index is 1.56. The molecule has 1 amide bonds. The third-order valence-electron chi connectivity index (χ3n) is 4.61. The maximum absolute atomic E-state index is 12.6. The lowest BCUT2D eigenvalue weighted by atomic mass is 10.1. The number of carbonyl (C=O) groups is 1. The minimum absolute atomic E-state index is 0.0149. The van der Waals surface area contributed by atoms with Gasteiger partial charge in [0.1, 0.15) is 0 Å². The van der Waals surface area contributed by atoms with E-state index in [1.165, 1.54) is 5.69 Å². The second-order valence-electron chi connectivity index (χ2n) is 6.41. The Morgan fingerprint density at radius 1 is 1.20 bits per heavy atom. The predicted octanol–water partition coefficient (Wildman–Crippen LogP) is 2.26. The summed E-state index contributed by atoms with van der Waals surface area (Å²) < 4.78 is 0. The van der Waals surface area contributed by atoms with Crippen LogP contribution in [0.2, 0.25) is 5.02 Å². The Labute approximate surface area is 153 Å². The summed E-state index contributed by atoms with van der Waals surface area (Å²) in [7, 11) is 0. The molecule has 132 valence electrons. The van der Waals surface area contributed by atoms with Crippen molar-refractivity contribution in [3.63, 3.8) is 0 Å². The zero-order valence-corrected chi connectivity index (χ0v) is 15.1. The minimum atomic E-state index is -0.518.